The van der Waals surface area contributed by atoms with E-state index in [2.05, 4.69) is 19.2 Å². The summed E-state index contributed by atoms with van der Waals surface area (Å²) in [6.45, 7) is 4.88. The number of aliphatic hydroxyl groups excluding tert-OH is 2. The number of amides is 1. The number of rotatable bonds is 52. The van der Waals surface area contributed by atoms with E-state index < -0.39 is 12.1 Å². The molecule has 1 amide bonds. The molecule has 6 heteroatoms. The van der Waals surface area contributed by atoms with Gasteiger partial charge < -0.3 is 20.3 Å². The van der Waals surface area contributed by atoms with Gasteiger partial charge in [-0.05, 0) is 32.1 Å². The van der Waals surface area contributed by atoms with Gasteiger partial charge in [-0.2, -0.15) is 0 Å². The minimum absolute atomic E-state index is 0.0103. The van der Waals surface area contributed by atoms with Crippen LogP contribution in [-0.2, 0) is 14.3 Å². The summed E-state index contributed by atoms with van der Waals surface area (Å²) < 4.78 is 5.48. The van der Waals surface area contributed by atoms with E-state index in [0.717, 1.165) is 57.8 Å². The van der Waals surface area contributed by atoms with Crippen LogP contribution in [0, 0.1) is 0 Å². The molecule has 368 valence electrons. The van der Waals surface area contributed by atoms with E-state index in [0.29, 0.717) is 19.4 Å². The second kappa shape index (κ2) is 52.2. The first-order chi connectivity index (χ1) is 30.5. The Hall–Kier alpha value is -1.40. The van der Waals surface area contributed by atoms with Crippen LogP contribution in [0.4, 0.5) is 0 Å². The first kappa shape index (κ1) is 60.6. The van der Waals surface area contributed by atoms with Gasteiger partial charge in [-0.25, -0.2) is 0 Å². The van der Waals surface area contributed by atoms with Crippen molar-refractivity contribution in [1.29, 1.82) is 0 Å². The molecule has 0 saturated heterocycles. The highest BCUT2D eigenvalue weighted by Crippen LogP contribution is 2.17. The van der Waals surface area contributed by atoms with E-state index in [9.17, 15) is 19.8 Å². The molecule has 0 aliphatic rings. The summed E-state index contributed by atoms with van der Waals surface area (Å²) in [5, 5.41) is 23.1. The zero-order chi connectivity index (χ0) is 45.1. The van der Waals surface area contributed by atoms with Crippen LogP contribution < -0.4 is 5.32 Å². The standard InChI is InChI=1S/C56H109NO5/c1-3-5-7-9-11-13-15-17-19-20-21-22-24-26-30-34-38-42-46-50-56(61)62-51-47-43-39-35-31-27-29-33-37-41-45-49-55(60)57-53(52-58)54(59)48-44-40-36-32-28-25-23-18-16-14-12-10-8-6-4-2/h44,48,53-54,58-59H,3-43,45-47,49-52H2,1-2H3,(H,57,60)/b48-44+. The second-order valence-electron chi connectivity index (χ2n) is 19.3. The van der Waals surface area contributed by atoms with Crippen LogP contribution in [0.25, 0.3) is 0 Å². The molecule has 6 nitrogen and oxygen atoms in total. The topological polar surface area (TPSA) is 95.9 Å². The maximum absolute atomic E-state index is 12.4. The molecule has 0 aromatic rings. The molecule has 0 bridgehead atoms. The predicted octanol–water partition coefficient (Wildman–Crippen LogP) is 16.9. The average molecular weight is 876 g/mol. The number of aliphatic hydroxyl groups is 2. The van der Waals surface area contributed by atoms with Crippen molar-refractivity contribution in [2.45, 2.75) is 321 Å². The molecular formula is C56H109NO5. The minimum atomic E-state index is -0.855. The monoisotopic (exact) mass is 876 g/mol. The van der Waals surface area contributed by atoms with Gasteiger partial charge in [0.15, 0.2) is 0 Å². The van der Waals surface area contributed by atoms with E-state index in [1.54, 1.807) is 6.08 Å². The Morgan fingerprint density at radius 1 is 0.435 bits per heavy atom. The Morgan fingerprint density at radius 2 is 0.742 bits per heavy atom. The summed E-state index contributed by atoms with van der Waals surface area (Å²) in [6, 6.07) is -0.640. The van der Waals surface area contributed by atoms with E-state index >= 15 is 0 Å². The SMILES string of the molecule is CCCCCCCCCCCCCCC/C=C/C(O)C(CO)NC(=O)CCCCCCCCCCCCCOC(=O)CCCCCCCCCCCCCCCCCCCCC. The summed E-state index contributed by atoms with van der Waals surface area (Å²) >= 11 is 0. The van der Waals surface area contributed by atoms with Crippen LogP contribution in [0.1, 0.15) is 309 Å². The zero-order valence-electron chi connectivity index (χ0n) is 41.9. The molecule has 0 fully saturated rings. The van der Waals surface area contributed by atoms with Crippen LogP contribution >= 0.6 is 0 Å². The fourth-order valence-electron chi connectivity index (χ4n) is 8.75. The third kappa shape index (κ3) is 48.1. The molecule has 0 aliphatic heterocycles. The molecule has 0 radical (unpaired) electrons. The molecule has 0 aromatic carbocycles. The van der Waals surface area contributed by atoms with Gasteiger partial charge in [-0.15, -0.1) is 0 Å². The average Bonchev–Trinajstić information content (AvgIpc) is 3.27. The molecule has 0 saturated carbocycles. The van der Waals surface area contributed by atoms with Crippen LogP contribution in [0.2, 0.25) is 0 Å². The molecule has 0 aromatic heterocycles. The largest absolute Gasteiger partial charge is 0.466 e. The van der Waals surface area contributed by atoms with Crippen molar-refractivity contribution in [3.63, 3.8) is 0 Å². The Balaban J connectivity index is 3.45. The van der Waals surface area contributed by atoms with E-state index in [-0.39, 0.29) is 18.5 Å². The van der Waals surface area contributed by atoms with Gasteiger partial charge in [0.1, 0.15) is 0 Å². The number of allylic oxidation sites excluding steroid dienone is 1. The number of hydrogen-bond acceptors (Lipinski definition) is 5. The van der Waals surface area contributed by atoms with Crippen LogP contribution in [-0.4, -0.2) is 47.4 Å². The van der Waals surface area contributed by atoms with E-state index in [4.69, 9.17) is 4.74 Å². The van der Waals surface area contributed by atoms with Gasteiger partial charge in [0.25, 0.3) is 0 Å². The summed E-state index contributed by atoms with van der Waals surface area (Å²) in [5.74, 6) is -0.0948. The fourth-order valence-corrected chi connectivity index (χ4v) is 8.75. The maximum Gasteiger partial charge on any atom is 0.305 e. The third-order valence-corrected chi connectivity index (χ3v) is 13.1. The number of carbonyl (C=O) groups excluding carboxylic acids is 2. The lowest BCUT2D eigenvalue weighted by molar-refractivity contribution is -0.143. The normalized spacial score (nSPS) is 12.6. The number of esters is 1. The van der Waals surface area contributed by atoms with Crippen LogP contribution in [0.5, 0.6) is 0 Å². The first-order valence-corrected chi connectivity index (χ1v) is 28.0. The van der Waals surface area contributed by atoms with E-state index in [1.165, 1.54) is 225 Å². The lowest BCUT2D eigenvalue weighted by Crippen LogP contribution is -2.45. The minimum Gasteiger partial charge on any atom is -0.466 e. The fraction of sp³-hybridized carbons (Fsp3) is 0.929. The predicted molar refractivity (Wildman–Crippen MR) is 269 cm³/mol. The number of hydrogen-bond donors (Lipinski definition) is 3. The number of carbonyl (C=O) groups is 2. The molecular weight excluding hydrogens is 767 g/mol. The summed E-state index contributed by atoms with van der Waals surface area (Å²) in [4.78, 5) is 24.5. The highest BCUT2D eigenvalue weighted by Gasteiger charge is 2.18. The summed E-state index contributed by atoms with van der Waals surface area (Å²) in [5.41, 5.74) is 0. The Labute approximate surface area is 387 Å². The van der Waals surface area contributed by atoms with Crippen molar-refractivity contribution in [2.75, 3.05) is 13.2 Å². The van der Waals surface area contributed by atoms with Gasteiger partial charge in [0.2, 0.25) is 5.91 Å². The van der Waals surface area contributed by atoms with Crippen molar-refractivity contribution in [3.05, 3.63) is 12.2 Å². The van der Waals surface area contributed by atoms with Gasteiger partial charge in [-0.1, -0.05) is 276 Å². The molecule has 3 N–H and O–H groups in total. The summed E-state index contributed by atoms with van der Waals surface area (Å²) in [6.07, 6.45) is 60.8. The molecule has 0 aliphatic carbocycles. The van der Waals surface area contributed by atoms with Crippen LogP contribution in [0.3, 0.4) is 0 Å². The quantitative estimate of drug-likeness (QED) is 0.0321. The molecule has 0 rings (SSSR count). The third-order valence-electron chi connectivity index (χ3n) is 13.1. The van der Waals surface area contributed by atoms with Crippen molar-refractivity contribution in [2.24, 2.45) is 0 Å². The number of nitrogens with one attached hydrogen (secondary N) is 1. The Morgan fingerprint density at radius 3 is 1.10 bits per heavy atom. The lowest BCUT2D eigenvalue weighted by atomic mass is 10.0. The van der Waals surface area contributed by atoms with E-state index in [1.807, 2.05) is 6.08 Å². The first-order valence-electron chi connectivity index (χ1n) is 28.0. The smallest absolute Gasteiger partial charge is 0.305 e. The molecule has 2 unspecified atom stereocenters. The molecule has 62 heavy (non-hydrogen) atoms. The van der Waals surface area contributed by atoms with Crippen LogP contribution in [0.15, 0.2) is 12.2 Å². The second-order valence-corrected chi connectivity index (χ2v) is 19.3. The number of unbranched alkanes of at least 4 members (excludes halogenated alkanes) is 41. The number of ether oxygens (including phenoxy) is 1. The lowest BCUT2D eigenvalue weighted by Gasteiger charge is -2.20. The molecule has 2 atom stereocenters. The van der Waals surface area contributed by atoms with Gasteiger partial charge in [0.05, 0.1) is 25.4 Å². The molecule has 0 heterocycles. The zero-order valence-corrected chi connectivity index (χ0v) is 41.9. The van der Waals surface area contributed by atoms with Gasteiger partial charge in [0, 0.05) is 12.8 Å². The van der Waals surface area contributed by atoms with Gasteiger partial charge in [-0.3, -0.25) is 9.59 Å². The van der Waals surface area contributed by atoms with Crippen molar-refractivity contribution in [1.82, 2.24) is 5.32 Å². The van der Waals surface area contributed by atoms with Crippen molar-refractivity contribution < 1.29 is 24.5 Å². The maximum atomic E-state index is 12.4. The van der Waals surface area contributed by atoms with Crippen molar-refractivity contribution in [3.8, 4) is 0 Å². The highest BCUT2D eigenvalue weighted by atomic mass is 16.5. The summed E-state index contributed by atoms with van der Waals surface area (Å²) in [7, 11) is 0. The highest BCUT2D eigenvalue weighted by molar-refractivity contribution is 5.76. The van der Waals surface area contributed by atoms with Crippen molar-refractivity contribution >= 4 is 11.9 Å². The Bertz CT molecular complexity index is 924. The molecule has 0 spiro atoms. The van der Waals surface area contributed by atoms with Gasteiger partial charge >= 0.3 is 5.97 Å². The Kier molecular flexibility index (Phi) is 51.0.